The molecule has 0 fully saturated rings. The molecule has 8 heteroatoms. The van der Waals surface area contributed by atoms with Crippen LogP contribution in [0.15, 0.2) is 12.3 Å². The molecule has 0 radical (unpaired) electrons. The summed E-state index contributed by atoms with van der Waals surface area (Å²) < 4.78 is 14.0. The lowest BCUT2D eigenvalue weighted by atomic mass is 10.2. The number of hydrogen-bond acceptors (Lipinski definition) is 7. The summed E-state index contributed by atoms with van der Waals surface area (Å²) in [6, 6.07) is 0. The van der Waals surface area contributed by atoms with Gasteiger partial charge in [0, 0.05) is 0 Å². The fourth-order valence-electron chi connectivity index (χ4n) is 1.30. The summed E-state index contributed by atoms with van der Waals surface area (Å²) in [5.74, 6) is -0.583. The van der Waals surface area contributed by atoms with E-state index in [2.05, 4.69) is 16.5 Å². The number of esters is 1. The number of ether oxygens (including phenoxy) is 3. The number of carbonyl (C=O) groups excluding carboxylic acids is 1. The average Bonchev–Trinajstić information content (AvgIpc) is 2.48. The molecule has 0 bridgehead atoms. The Hall–Kier alpha value is -1.80. The third-order valence-electron chi connectivity index (χ3n) is 2.33. The van der Waals surface area contributed by atoms with Crippen molar-refractivity contribution < 1.29 is 38.7 Å². The van der Waals surface area contributed by atoms with Crippen molar-refractivity contribution in [3.8, 4) is 0 Å². The van der Waals surface area contributed by atoms with Crippen LogP contribution in [-0.4, -0.2) is 50.3 Å². The highest BCUT2D eigenvalue weighted by molar-refractivity contribution is 5.81. The number of rotatable bonds is 14. The maximum atomic E-state index is 11.2. The summed E-state index contributed by atoms with van der Waals surface area (Å²) in [5, 5.41) is 8.19. The first-order chi connectivity index (χ1) is 10.7. The predicted molar refractivity (Wildman–Crippen MR) is 76.1 cm³/mol. The van der Waals surface area contributed by atoms with E-state index in [1.165, 1.54) is 0 Å². The van der Waals surface area contributed by atoms with Crippen LogP contribution < -0.4 is 0 Å². The van der Waals surface area contributed by atoms with E-state index in [-0.39, 0.29) is 26.4 Å². The molecule has 0 aromatic rings. The van der Waals surface area contributed by atoms with E-state index in [0.717, 1.165) is 38.0 Å². The first-order valence-corrected chi connectivity index (χ1v) is 7.21. The van der Waals surface area contributed by atoms with Gasteiger partial charge in [-0.3, -0.25) is 0 Å². The van der Waals surface area contributed by atoms with Gasteiger partial charge in [-0.1, -0.05) is 26.2 Å². The lowest BCUT2D eigenvalue weighted by Crippen LogP contribution is -2.13. The molecule has 0 aliphatic heterocycles. The van der Waals surface area contributed by atoms with Crippen molar-refractivity contribution >= 4 is 12.1 Å². The van der Waals surface area contributed by atoms with Crippen LogP contribution >= 0.6 is 0 Å². The number of carboxylic acid groups (broad SMARTS) is 1. The predicted octanol–water partition coefficient (Wildman–Crippen LogP) is 2.28. The first kappa shape index (κ1) is 20.2. The van der Waals surface area contributed by atoms with Gasteiger partial charge < -0.3 is 24.2 Å². The Morgan fingerprint density at radius 3 is 2.36 bits per heavy atom. The number of unbranched alkanes of at least 4 members (excludes halogenated alkanes) is 3. The molecule has 0 atom stereocenters. The molecule has 0 aromatic carbocycles. The molecule has 0 amide bonds. The highest BCUT2D eigenvalue weighted by Crippen LogP contribution is 1.99. The van der Waals surface area contributed by atoms with Gasteiger partial charge in [-0.25, -0.2) is 9.59 Å². The Labute approximate surface area is 129 Å². The van der Waals surface area contributed by atoms with Gasteiger partial charge in [0.1, 0.15) is 19.5 Å². The van der Waals surface area contributed by atoms with E-state index < -0.39 is 12.1 Å². The molecule has 0 heterocycles. The smallest absolute Gasteiger partial charge is 0.460 e. The molecule has 0 aliphatic carbocycles. The van der Waals surface area contributed by atoms with Gasteiger partial charge in [0.25, 0.3) is 0 Å². The van der Waals surface area contributed by atoms with Crippen LogP contribution in [0, 0.1) is 0 Å². The van der Waals surface area contributed by atoms with E-state index in [1.807, 2.05) is 0 Å². The molecule has 0 rings (SSSR count). The Bertz CT molecular complexity index is 316. The van der Waals surface area contributed by atoms with Crippen molar-refractivity contribution in [3.63, 3.8) is 0 Å². The second-order valence-electron chi connectivity index (χ2n) is 4.18. The third kappa shape index (κ3) is 16.3. The maximum absolute atomic E-state index is 11.2. The minimum Gasteiger partial charge on any atom is -0.460 e. The van der Waals surface area contributed by atoms with Gasteiger partial charge in [-0.15, -0.1) is 0 Å². The van der Waals surface area contributed by atoms with Crippen LogP contribution in [0.2, 0.25) is 0 Å². The van der Waals surface area contributed by atoms with Gasteiger partial charge in [0.15, 0.2) is 0 Å². The summed E-state index contributed by atoms with van der Waals surface area (Å²) in [4.78, 5) is 30.7. The normalized spacial score (nSPS) is 10.6. The average molecular weight is 320 g/mol. The van der Waals surface area contributed by atoms with Gasteiger partial charge in [-0.05, 0) is 6.42 Å². The van der Waals surface area contributed by atoms with Gasteiger partial charge in [0.05, 0.1) is 25.9 Å². The molecule has 0 aromatic heterocycles. The quantitative estimate of drug-likeness (QED) is 0.130. The first-order valence-electron chi connectivity index (χ1n) is 7.21. The van der Waals surface area contributed by atoms with E-state index in [4.69, 9.17) is 19.5 Å². The van der Waals surface area contributed by atoms with Crippen LogP contribution in [-0.2, 0) is 28.8 Å². The zero-order valence-corrected chi connectivity index (χ0v) is 12.8. The van der Waals surface area contributed by atoms with Crippen LogP contribution in [0.3, 0.4) is 0 Å². The second-order valence-corrected chi connectivity index (χ2v) is 4.18. The van der Waals surface area contributed by atoms with Crippen molar-refractivity contribution in [1.29, 1.82) is 0 Å². The lowest BCUT2D eigenvalue weighted by Gasteiger charge is -2.04. The largest absolute Gasteiger partial charge is 0.505 e. The van der Waals surface area contributed by atoms with Crippen LogP contribution in [0.1, 0.15) is 32.6 Å². The molecule has 0 spiro atoms. The Kier molecular flexibility index (Phi) is 14.3. The molecule has 0 saturated heterocycles. The fourth-order valence-corrected chi connectivity index (χ4v) is 1.30. The molecule has 128 valence electrons. The molecule has 8 nitrogen and oxygen atoms in total. The van der Waals surface area contributed by atoms with Crippen molar-refractivity contribution in [2.75, 3.05) is 33.0 Å². The zero-order valence-electron chi connectivity index (χ0n) is 12.8. The van der Waals surface area contributed by atoms with Crippen molar-refractivity contribution in [1.82, 2.24) is 0 Å². The molecular formula is C14H24O8. The van der Waals surface area contributed by atoms with Gasteiger partial charge in [-0.2, -0.15) is 4.89 Å². The standard InChI is InChI=1S/C14H24O8/c1-2-3-4-5-7-21-22-8-6-13(15)19-11-9-18-10-12-20-14(16)17/h6,8H,2-5,7,9-12H2,1H3,(H,16,17). The number of hydrogen-bond donors (Lipinski definition) is 1. The Morgan fingerprint density at radius 2 is 1.68 bits per heavy atom. The minimum absolute atomic E-state index is 0.0497. The molecule has 0 aliphatic rings. The van der Waals surface area contributed by atoms with Crippen molar-refractivity contribution in [2.24, 2.45) is 0 Å². The summed E-state index contributed by atoms with van der Waals surface area (Å²) >= 11 is 0. The molecule has 1 N–H and O–H groups in total. The fraction of sp³-hybridized carbons (Fsp3) is 0.714. The zero-order chi connectivity index (χ0) is 16.5. The maximum Gasteiger partial charge on any atom is 0.505 e. The van der Waals surface area contributed by atoms with Gasteiger partial charge in [0.2, 0.25) is 0 Å². The summed E-state index contributed by atoms with van der Waals surface area (Å²) in [6.45, 7) is 2.85. The van der Waals surface area contributed by atoms with Crippen LogP contribution in [0.25, 0.3) is 0 Å². The van der Waals surface area contributed by atoms with Gasteiger partial charge >= 0.3 is 12.1 Å². The highest BCUT2D eigenvalue weighted by Gasteiger charge is 1.98. The van der Waals surface area contributed by atoms with E-state index in [0.29, 0.717) is 6.61 Å². The summed E-state index contributed by atoms with van der Waals surface area (Å²) in [6.07, 6.45) is 5.17. The molecule has 0 saturated carbocycles. The van der Waals surface area contributed by atoms with Crippen molar-refractivity contribution in [2.45, 2.75) is 32.6 Å². The topological polar surface area (TPSA) is 101 Å². The highest BCUT2D eigenvalue weighted by atomic mass is 17.2. The third-order valence-corrected chi connectivity index (χ3v) is 2.33. The summed E-state index contributed by atoms with van der Waals surface area (Å²) in [7, 11) is 0. The van der Waals surface area contributed by atoms with Crippen LogP contribution in [0.5, 0.6) is 0 Å². The summed E-state index contributed by atoms with van der Waals surface area (Å²) in [5.41, 5.74) is 0. The number of carbonyl (C=O) groups is 2. The van der Waals surface area contributed by atoms with Crippen molar-refractivity contribution in [3.05, 3.63) is 12.3 Å². The SMILES string of the molecule is CCCCCCOOC=CC(=O)OCCOCCOC(=O)O. The molecule has 22 heavy (non-hydrogen) atoms. The molecule has 0 unspecified atom stereocenters. The Morgan fingerprint density at radius 1 is 0.955 bits per heavy atom. The minimum atomic E-state index is -1.35. The van der Waals surface area contributed by atoms with E-state index >= 15 is 0 Å². The molecular weight excluding hydrogens is 296 g/mol. The van der Waals surface area contributed by atoms with E-state index in [1.54, 1.807) is 0 Å². The monoisotopic (exact) mass is 320 g/mol. The second kappa shape index (κ2) is 15.6. The van der Waals surface area contributed by atoms with Crippen LogP contribution in [0.4, 0.5) is 4.79 Å². The Balaban J connectivity index is 3.31. The lowest BCUT2D eigenvalue weighted by molar-refractivity contribution is -0.249. The van der Waals surface area contributed by atoms with E-state index in [9.17, 15) is 9.59 Å².